The Kier molecular flexibility index (Phi) is 10.5. The van der Waals surface area contributed by atoms with Crippen LogP contribution in [-0.2, 0) is 23.1 Å². The van der Waals surface area contributed by atoms with E-state index in [1.807, 2.05) is 24.1 Å². The molecule has 2 aromatic carbocycles. The van der Waals surface area contributed by atoms with E-state index in [9.17, 15) is 13.2 Å². The van der Waals surface area contributed by atoms with Crippen LogP contribution in [0.1, 0.15) is 24.4 Å². The van der Waals surface area contributed by atoms with Crippen LogP contribution in [0.5, 0.6) is 5.75 Å². The lowest BCUT2D eigenvalue weighted by Crippen LogP contribution is -2.19. The molecule has 4 heterocycles. The molecule has 1 aliphatic rings. The van der Waals surface area contributed by atoms with Crippen molar-refractivity contribution in [1.29, 1.82) is 0 Å². The van der Waals surface area contributed by atoms with Crippen molar-refractivity contribution in [1.82, 2.24) is 24.5 Å². The first-order valence-electron chi connectivity index (χ1n) is 14.1. The van der Waals surface area contributed by atoms with Gasteiger partial charge < -0.3 is 24.7 Å². The lowest BCUT2D eigenvalue weighted by atomic mass is 10.0. The topological polar surface area (TPSA) is 114 Å². The monoisotopic (exact) mass is 641 g/mol. The van der Waals surface area contributed by atoms with Gasteiger partial charge in [0.1, 0.15) is 29.7 Å². The maximum Gasteiger partial charge on any atom is 0.302 e. The van der Waals surface area contributed by atoms with Gasteiger partial charge in [0, 0.05) is 75.5 Å². The Balaban J connectivity index is 0.00000128. The third kappa shape index (κ3) is 7.52. The SMILES string of the molecule is COC.Cn1nc(-c2ccc(NSC(F)F)c(OCc3ccc(F)cc3)c2)c2c(N)ncc(-c3cnn(C4CCOCC4)c3)c21. The van der Waals surface area contributed by atoms with Gasteiger partial charge in [0.2, 0.25) is 0 Å². The van der Waals surface area contributed by atoms with E-state index in [0.717, 1.165) is 35.0 Å². The fourth-order valence-electron chi connectivity index (χ4n) is 5.10. The summed E-state index contributed by atoms with van der Waals surface area (Å²) in [4.78, 5) is 4.48. The number of rotatable bonds is 9. The van der Waals surface area contributed by atoms with Crippen LogP contribution in [0, 0.1) is 5.82 Å². The van der Waals surface area contributed by atoms with Crippen molar-refractivity contribution in [3.63, 3.8) is 0 Å². The molecular weight excluding hydrogens is 607 g/mol. The number of anilines is 2. The number of aryl methyl sites for hydroxylation is 1. The first-order chi connectivity index (χ1) is 21.8. The highest BCUT2D eigenvalue weighted by Gasteiger charge is 2.22. The summed E-state index contributed by atoms with van der Waals surface area (Å²) in [6.45, 7) is 1.53. The molecule has 0 saturated carbocycles. The van der Waals surface area contributed by atoms with Crippen LogP contribution in [0.25, 0.3) is 33.3 Å². The molecule has 5 aromatic rings. The van der Waals surface area contributed by atoms with Crippen LogP contribution in [0.15, 0.2) is 61.1 Å². The molecular formula is C31H34F3N7O3S. The van der Waals surface area contributed by atoms with Crippen LogP contribution >= 0.6 is 11.9 Å². The summed E-state index contributed by atoms with van der Waals surface area (Å²) in [5.41, 5.74) is 11.2. The van der Waals surface area contributed by atoms with Crippen molar-refractivity contribution in [2.45, 2.75) is 31.2 Å². The number of nitrogens with one attached hydrogen (secondary N) is 1. The summed E-state index contributed by atoms with van der Waals surface area (Å²) in [5, 5.41) is 10.1. The van der Waals surface area contributed by atoms with Gasteiger partial charge in [-0.3, -0.25) is 9.36 Å². The number of nitrogens with zero attached hydrogens (tertiary/aromatic N) is 5. The van der Waals surface area contributed by atoms with Crippen molar-refractivity contribution in [3.8, 4) is 28.1 Å². The molecule has 0 amide bonds. The van der Waals surface area contributed by atoms with E-state index in [-0.39, 0.29) is 30.4 Å². The Morgan fingerprint density at radius 1 is 1.09 bits per heavy atom. The number of aromatic nitrogens is 5. The van der Waals surface area contributed by atoms with Gasteiger partial charge in [0.25, 0.3) is 0 Å². The van der Waals surface area contributed by atoms with E-state index >= 15 is 0 Å². The highest BCUT2D eigenvalue weighted by molar-refractivity contribution is 8.00. The Morgan fingerprint density at radius 2 is 1.82 bits per heavy atom. The molecule has 0 atom stereocenters. The first-order valence-corrected chi connectivity index (χ1v) is 15.0. The number of alkyl halides is 2. The number of ether oxygens (including phenoxy) is 3. The van der Waals surface area contributed by atoms with Gasteiger partial charge in [-0.25, -0.2) is 9.37 Å². The lowest BCUT2D eigenvalue weighted by molar-refractivity contribution is 0.0662. The van der Waals surface area contributed by atoms with Gasteiger partial charge in [0.05, 0.1) is 28.8 Å². The summed E-state index contributed by atoms with van der Waals surface area (Å²) >= 11 is 0.267. The number of benzene rings is 2. The summed E-state index contributed by atoms with van der Waals surface area (Å²) in [7, 11) is 5.08. The largest absolute Gasteiger partial charge is 0.487 e. The molecule has 1 saturated heterocycles. The average molecular weight is 642 g/mol. The highest BCUT2D eigenvalue weighted by atomic mass is 32.2. The zero-order valence-corrected chi connectivity index (χ0v) is 25.9. The minimum atomic E-state index is -2.63. The zero-order valence-electron chi connectivity index (χ0n) is 25.0. The number of pyridine rings is 1. The lowest BCUT2D eigenvalue weighted by Gasteiger charge is -2.22. The first kappa shape index (κ1) is 32.1. The molecule has 10 nitrogen and oxygen atoms in total. The molecule has 14 heteroatoms. The molecule has 1 fully saturated rings. The van der Waals surface area contributed by atoms with E-state index in [1.54, 1.807) is 55.4 Å². The molecule has 3 N–H and O–H groups in total. The number of fused-ring (bicyclic) bond motifs is 1. The number of hydrogen-bond donors (Lipinski definition) is 2. The van der Waals surface area contributed by atoms with E-state index in [1.165, 1.54) is 12.1 Å². The molecule has 3 aromatic heterocycles. The molecule has 1 aliphatic heterocycles. The molecule has 0 radical (unpaired) electrons. The zero-order chi connectivity index (χ0) is 31.9. The van der Waals surface area contributed by atoms with Crippen molar-refractivity contribution in [2.24, 2.45) is 7.05 Å². The predicted octanol–water partition coefficient (Wildman–Crippen LogP) is 6.70. The summed E-state index contributed by atoms with van der Waals surface area (Å²) in [5.74, 6) is -2.36. The van der Waals surface area contributed by atoms with Crippen LogP contribution in [0.4, 0.5) is 24.7 Å². The standard InChI is InChI=1S/C29H28F3N7O2S.C2H6O/c1-38-27-22(19-13-35-39(15-19)21-8-10-40-11-9-21)14-34-28(33)25(27)26(36-38)18-4-7-23(37-42-29(31)32)24(12-18)41-16-17-2-5-20(30)6-3-17;1-3-2/h2-7,12-15,21,29,37H,8-11,16H2,1H3,(H2,33,34);1-2H3. The second kappa shape index (κ2) is 14.7. The second-order valence-electron chi connectivity index (χ2n) is 10.3. The predicted molar refractivity (Wildman–Crippen MR) is 170 cm³/mol. The van der Waals surface area contributed by atoms with Gasteiger partial charge in [0.15, 0.2) is 0 Å². The average Bonchev–Trinajstić information content (AvgIpc) is 3.67. The molecule has 0 unspecified atom stereocenters. The molecule has 6 rings (SSSR count). The molecule has 0 aliphatic carbocycles. The second-order valence-corrected chi connectivity index (χ2v) is 11.1. The van der Waals surface area contributed by atoms with Crippen molar-refractivity contribution >= 4 is 34.4 Å². The maximum absolute atomic E-state index is 13.4. The molecule has 238 valence electrons. The molecule has 0 bridgehead atoms. The highest BCUT2D eigenvalue weighted by Crippen LogP contribution is 2.40. The third-order valence-corrected chi connectivity index (χ3v) is 7.71. The Labute approximate surface area is 262 Å². The fourth-order valence-corrected chi connectivity index (χ4v) is 5.48. The summed E-state index contributed by atoms with van der Waals surface area (Å²) in [6, 6.07) is 11.3. The summed E-state index contributed by atoms with van der Waals surface area (Å²) in [6.07, 6.45) is 7.35. The smallest absolute Gasteiger partial charge is 0.302 e. The molecule has 45 heavy (non-hydrogen) atoms. The third-order valence-electron chi connectivity index (χ3n) is 7.19. The fraction of sp³-hybridized carbons (Fsp3) is 0.323. The van der Waals surface area contributed by atoms with Crippen LogP contribution < -0.4 is 15.2 Å². The minimum Gasteiger partial charge on any atom is -0.487 e. The quantitative estimate of drug-likeness (QED) is 0.170. The van der Waals surface area contributed by atoms with Gasteiger partial charge in [-0.05, 0) is 42.7 Å². The Hall–Kier alpha value is -4.27. The minimum absolute atomic E-state index is 0.103. The number of halogens is 3. The number of methoxy groups -OCH3 is 1. The van der Waals surface area contributed by atoms with E-state index in [4.69, 9.17) is 20.3 Å². The summed E-state index contributed by atoms with van der Waals surface area (Å²) < 4.78 is 61.4. The van der Waals surface area contributed by atoms with Crippen LogP contribution in [0.3, 0.4) is 0 Å². The van der Waals surface area contributed by atoms with Gasteiger partial charge in [-0.2, -0.15) is 19.0 Å². The Bertz CT molecular complexity index is 1720. The van der Waals surface area contributed by atoms with E-state index < -0.39 is 5.76 Å². The Morgan fingerprint density at radius 3 is 2.53 bits per heavy atom. The van der Waals surface area contributed by atoms with Crippen molar-refractivity contribution in [3.05, 3.63) is 72.4 Å². The number of nitrogen functional groups attached to an aromatic ring is 1. The number of hydrogen-bond acceptors (Lipinski definition) is 9. The van der Waals surface area contributed by atoms with Crippen LogP contribution in [-0.4, -0.2) is 57.7 Å². The normalized spacial score (nSPS) is 13.6. The van der Waals surface area contributed by atoms with Crippen molar-refractivity contribution in [2.75, 3.05) is 37.9 Å². The van der Waals surface area contributed by atoms with Crippen molar-refractivity contribution < 1.29 is 27.4 Å². The molecule has 0 spiro atoms. The van der Waals surface area contributed by atoms with E-state index in [2.05, 4.69) is 19.5 Å². The van der Waals surface area contributed by atoms with E-state index in [0.29, 0.717) is 47.1 Å². The van der Waals surface area contributed by atoms with Gasteiger partial charge in [-0.15, -0.1) is 0 Å². The van der Waals surface area contributed by atoms with Gasteiger partial charge >= 0.3 is 5.76 Å². The van der Waals surface area contributed by atoms with Gasteiger partial charge in [-0.1, -0.05) is 18.2 Å². The maximum atomic E-state index is 13.4. The van der Waals surface area contributed by atoms with Crippen LogP contribution in [0.2, 0.25) is 0 Å². The number of nitrogens with two attached hydrogens (primary N) is 1.